The van der Waals surface area contributed by atoms with E-state index in [4.69, 9.17) is 9.47 Å². The number of pyridine rings is 1. The van der Waals surface area contributed by atoms with Gasteiger partial charge in [0, 0.05) is 37.8 Å². The molecule has 4 aromatic rings. The molecule has 1 aromatic heterocycles. The van der Waals surface area contributed by atoms with Gasteiger partial charge in [0.15, 0.2) is 17.3 Å². The smallest absolute Gasteiger partial charge is 0.256 e. The van der Waals surface area contributed by atoms with Crippen LogP contribution in [-0.2, 0) is 4.74 Å². The standard InChI is InChI=1S/C33H38FN5O4/c1-37(2)14-6-5-12-36-33(41)25-21-39-27-11-10-22-8-3-4-9-23(22)31(27)43-32-28(26(34)20-24(29(32)39)30(25)40)35-13-7-15-38-16-18-42-19-17-38/h3-4,8-11,20-21,35H,5-7,12-19H2,1-2H3,(H,36,41). The van der Waals surface area contributed by atoms with Crippen molar-refractivity contribution in [3.8, 4) is 17.2 Å². The van der Waals surface area contributed by atoms with E-state index in [1.54, 1.807) is 10.8 Å². The molecule has 0 spiro atoms. The lowest BCUT2D eigenvalue weighted by Gasteiger charge is -2.28. The maximum absolute atomic E-state index is 15.8. The molecule has 0 aliphatic carbocycles. The van der Waals surface area contributed by atoms with E-state index in [1.165, 1.54) is 6.07 Å². The number of benzene rings is 3. The van der Waals surface area contributed by atoms with Crippen molar-refractivity contribution < 1.29 is 18.7 Å². The molecule has 43 heavy (non-hydrogen) atoms. The Balaban J connectivity index is 1.38. The number of fused-ring (bicyclic) bond motifs is 4. The third-order valence-corrected chi connectivity index (χ3v) is 8.14. The third kappa shape index (κ3) is 5.95. The van der Waals surface area contributed by atoms with Crippen molar-refractivity contribution in [2.45, 2.75) is 19.3 Å². The van der Waals surface area contributed by atoms with Gasteiger partial charge in [-0.05, 0) is 64.0 Å². The summed E-state index contributed by atoms with van der Waals surface area (Å²) in [6, 6.07) is 12.9. The number of anilines is 1. The molecule has 0 bridgehead atoms. The summed E-state index contributed by atoms with van der Waals surface area (Å²) in [4.78, 5) is 31.4. The Kier molecular flexibility index (Phi) is 8.60. The molecule has 2 N–H and O–H groups in total. The highest BCUT2D eigenvalue weighted by Crippen LogP contribution is 2.47. The molecule has 10 heteroatoms. The summed E-state index contributed by atoms with van der Waals surface area (Å²) in [5.41, 5.74) is 0.773. The zero-order valence-electron chi connectivity index (χ0n) is 24.7. The van der Waals surface area contributed by atoms with Gasteiger partial charge in [0.25, 0.3) is 5.91 Å². The fourth-order valence-electron chi connectivity index (χ4n) is 5.86. The molecule has 0 saturated carbocycles. The second-order valence-corrected chi connectivity index (χ2v) is 11.4. The summed E-state index contributed by atoms with van der Waals surface area (Å²) in [5.74, 6) is -0.269. The summed E-state index contributed by atoms with van der Waals surface area (Å²) >= 11 is 0. The fraction of sp³-hybridized carbons (Fsp3) is 0.394. The molecular formula is C33H38FN5O4. The number of carbonyl (C=O) groups is 1. The number of nitrogens with zero attached hydrogens (tertiary/aromatic N) is 3. The molecule has 2 aliphatic heterocycles. The summed E-state index contributed by atoms with van der Waals surface area (Å²) in [7, 11) is 4.01. The number of nitrogens with one attached hydrogen (secondary N) is 2. The van der Waals surface area contributed by atoms with Gasteiger partial charge in [0.05, 0.1) is 24.3 Å². The molecule has 0 unspecified atom stereocenters. The monoisotopic (exact) mass is 587 g/mol. The van der Waals surface area contributed by atoms with Crippen molar-refractivity contribution in [2.75, 3.05) is 71.9 Å². The van der Waals surface area contributed by atoms with Crippen molar-refractivity contribution in [2.24, 2.45) is 0 Å². The SMILES string of the molecule is CN(C)CCCCNC(=O)c1cn2c3c(c(NCCCN4CCOCC4)c(F)cc3c1=O)Oc1c-2ccc2ccccc12. The van der Waals surface area contributed by atoms with Crippen LogP contribution in [0.1, 0.15) is 29.6 Å². The Morgan fingerprint density at radius 1 is 1.00 bits per heavy atom. The van der Waals surface area contributed by atoms with Crippen LogP contribution in [0.3, 0.4) is 0 Å². The first-order valence-electron chi connectivity index (χ1n) is 15.0. The van der Waals surface area contributed by atoms with E-state index >= 15 is 4.39 Å². The number of hydrogen-bond acceptors (Lipinski definition) is 7. The zero-order valence-corrected chi connectivity index (χ0v) is 24.7. The largest absolute Gasteiger partial charge is 0.450 e. The predicted octanol–water partition coefficient (Wildman–Crippen LogP) is 4.59. The number of halogens is 1. The Bertz CT molecular complexity index is 1710. The van der Waals surface area contributed by atoms with E-state index in [2.05, 4.69) is 20.4 Å². The van der Waals surface area contributed by atoms with Crippen molar-refractivity contribution >= 4 is 33.3 Å². The molecule has 0 atom stereocenters. The van der Waals surface area contributed by atoms with Crippen LogP contribution in [0, 0.1) is 5.82 Å². The van der Waals surface area contributed by atoms with Gasteiger partial charge in [0.2, 0.25) is 5.43 Å². The van der Waals surface area contributed by atoms with Crippen LogP contribution in [0.5, 0.6) is 11.5 Å². The number of morpholine rings is 1. The molecule has 3 heterocycles. The van der Waals surface area contributed by atoms with Gasteiger partial charge in [-0.1, -0.05) is 30.3 Å². The number of hydrogen-bond donors (Lipinski definition) is 2. The number of amides is 1. The lowest BCUT2D eigenvalue weighted by atomic mass is 10.0. The van der Waals surface area contributed by atoms with Crippen molar-refractivity contribution in [1.29, 1.82) is 0 Å². The third-order valence-electron chi connectivity index (χ3n) is 8.14. The van der Waals surface area contributed by atoms with E-state index in [9.17, 15) is 9.59 Å². The summed E-state index contributed by atoms with van der Waals surface area (Å²) in [6.45, 7) is 5.99. The molecule has 1 fully saturated rings. The maximum Gasteiger partial charge on any atom is 0.256 e. The average Bonchev–Trinajstić information content (AvgIpc) is 3.01. The van der Waals surface area contributed by atoms with E-state index in [0.29, 0.717) is 30.0 Å². The number of carbonyl (C=O) groups excluding carboxylic acids is 1. The van der Waals surface area contributed by atoms with Gasteiger partial charge >= 0.3 is 0 Å². The molecule has 226 valence electrons. The molecule has 1 amide bonds. The van der Waals surface area contributed by atoms with Crippen LogP contribution in [-0.4, -0.2) is 86.9 Å². The zero-order chi connectivity index (χ0) is 29.9. The first-order valence-corrected chi connectivity index (χ1v) is 15.0. The second-order valence-electron chi connectivity index (χ2n) is 11.4. The van der Waals surface area contributed by atoms with Gasteiger partial charge in [-0.2, -0.15) is 0 Å². The van der Waals surface area contributed by atoms with Crippen LogP contribution in [0.25, 0.3) is 27.4 Å². The van der Waals surface area contributed by atoms with Crippen molar-refractivity contribution in [1.82, 2.24) is 19.7 Å². The Hall–Kier alpha value is -3.99. The maximum atomic E-state index is 15.8. The van der Waals surface area contributed by atoms with Crippen LogP contribution in [0.4, 0.5) is 10.1 Å². The van der Waals surface area contributed by atoms with Crippen molar-refractivity contribution in [3.63, 3.8) is 0 Å². The second kappa shape index (κ2) is 12.7. The molecule has 6 rings (SSSR count). The lowest BCUT2D eigenvalue weighted by molar-refractivity contribution is 0.0378. The first-order chi connectivity index (χ1) is 20.9. The van der Waals surface area contributed by atoms with E-state index < -0.39 is 17.2 Å². The highest BCUT2D eigenvalue weighted by molar-refractivity contribution is 6.03. The molecule has 2 aliphatic rings. The van der Waals surface area contributed by atoms with E-state index in [-0.39, 0.29) is 22.4 Å². The number of rotatable bonds is 11. The molecular weight excluding hydrogens is 549 g/mol. The molecule has 9 nitrogen and oxygen atoms in total. The summed E-state index contributed by atoms with van der Waals surface area (Å²) in [6.07, 6.45) is 4.08. The van der Waals surface area contributed by atoms with Gasteiger partial charge in [-0.3, -0.25) is 14.5 Å². The van der Waals surface area contributed by atoms with Crippen LogP contribution >= 0.6 is 0 Å². The number of aromatic nitrogens is 1. The highest BCUT2D eigenvalue weighted by atomic mass is 19.1. The minimum atomic E-state index is -0.595. The van der Waals surface area contributed by atoms with E-state index in [0.717, 1.165) is 69.4 Å². The molecule has 3 aromatic carbocycles. The van der Waals surface area contributed by atoms with Crippen molar-refractivity contribution in [3.05, 3.63) is 70.3 Å². The van der Waals surface area contributed by atoms with Crippen LogP contribution < -0.4 is 20.8 Å². The van der Waals surface area contributed by atoms with E-state index in [1.807, 2.05) is 50.5 Å². The normalized spacial score (nSPS) is 14.6. The summed E-state index contributed by atoms with van der Waals surface area (Å²) < 4.78 is 29.6. The van der Waals surface area contributed by atoms with Gasteiger partial charge in [0.1, 0.15) is 16.8 Å². The van der Waals surface area contributed by atoms with Gasteiger partial charge < -0.3 is 29.6 Å². The Labute approximate surface area is 250 Å². The topological polar surface area (TPSA) is 88.1 Å². The predicted molar refractivity (Wildman–Crippen MR) is 168 cm³/mol. The fourth-order valence-corrected chi connectivity index (χ4v) is 5.86. The lowest BCUT2D eigenvalue weighted by Crippen LogP contribution is -2.37. The minimum absolute atomic E-state index is 0.0299. The highest BCUT2D eigenvalue weighted by Gasteiger charge is 2.29. The quantitative estimate of drug-likeness (QED) is 0.219. The van der Waals surface area contributed by atoms with Gasteiger partial charge in [-0.15, -0.1) is 0 Å². The number of unbranched alkanes of at least 4 members (excludes halogenated alkanes) is 1. The molecule has 1 saturated heterocycles. The number of ether oxygens (including phenoxy) is 2. The Morgan fingerprint density at radius 3 is 2.63 bits per heavy atom. The van der Waals surface area contributed by atoms with Crippen LogP contribution in [0.2, 0.25) is 0 Å². The Morgan fingerprint density at radius 2 is 1.81 bits per heavy atom. The van der Waals surface area contributed by atoms with Gasteiger partial charge in [-0.25, -0.2) is 4.39 Å². The minimum Gasteiger partial charge on any atom is -0.450 e. The average molecular weight is 588 g/mol. The van der Waals surface area contributed by atoms with Crippen LogP contribution in [0.15, 0.2) is 53.5 Å². The summed E-state index contributed by atoms with van der Waals surface area (Å²) in [5, 5.41) is 8.06. The molecule has 0 radical (unpaired) electrons. The first kappa shape index (κ1) is 29.1.